The van der Waals surface area contributed by atoms with Gasteiger partial charge in [-0.2, -0.15) is 0 Å². The van der Waals surface area contributed by atoms with Crippen LogP contribution >= 0.6 is 11.3 Å². The summed E-state index contributed by atoms with van der Waals surface area (Å²) in [4.78, 5) is 21.5. The molecule has 1 aromatic carbocycles. The van der Waals surface area contributed by atoms with Crippen molar-refractivity contribution in [1.29, 1.82) is 0 Å². The van der Waals surface area contributed by atoms with Gasteiger partial charge in [0.2, 0.25) is 0 Å². The van der Waals surface area contributed by atoms with Crippen molar-refractivity contribution in [2.75, 3.05) is 13.7 Å². The van der Waals surface area contributed by atoms with Crippen LogP contribution in [0.3, 0.4) is 0 Å². The maximum absolute atomic E-state index is 12.1. The van der Waals surface area contributed by atoms with E-state index in [0.29, 0.717) is 35.8 Å². The fourth-order valence-corrected chi connectivity index (χ4v) is 4.54. The number of guanidine groups is 1. The second-order valence-corrected chi connectivity index (χ2v) is 8.64. The normalized spacial score (nSPS) is 15.5. The van der Waals surface area contributed by atoms with Gasteiger partial charge in [0.25, 0.3) is 0 Å². The molecule has 0 spiro atoms. The molecule has 168 valence electrons. The standard InChI is InChI=1S/C23H32N4O3S/c1-5-29-22(28)20-15(2)26-21(31-20)16(3)27-23(24-4)25-14-17-10-6-9-13-19(17)30-18-11-7-8-12-18/h6,9-10,13,16,18H,5,7-8,11-12,14H2,1-4H3,(H2,24,25,27). The van der Waals surface area contributed by atoms with Crippen molar-refractivity contribution >= 4 is 23.3 Å². The molecule has 0 bridgehead atoms. The molecule has 0 radical (unpaired) electrons. The summed E-state index contributed by atoms with van der Waals surface area (Å²) in [6.45, 7) is 6.57. The number of carbonyl (C=O) groups excluding carboxylic acids is 1. The van der Waals surface area contributed by atoms with Gasteiger partial charge in [-0.15, -0.1) is 11.3 Å². The fourth-order valence-electron chi connectivity index (χ4n) is 3.58. The highest BCUT2D eigenvalue weighted by Gasteiger charge is 2.21. The topological polar surface area (TPSA) is 84.8 Å². The minimum Gasteiger partial charge on any atom is -0.490 e. The molecule has 1 aromatic heterocycles. The molecule has 0 saturated heterocycles. The number of thiazole rings is 1. The van der Waals surface area contributed by atoms with Gasteiger partial charge in [0.05, 0.1) is 24.4 Å². The third kappa shape index (κ3) is 6.19. The van der Waals surface area contributed by atoms with Crippen LogP contribution in [-0.4, -0.2) is 36.7 Å². The number of rotatable bonds is 8. The largest absolute Gasteiger partial charge is 0.490 e. The van der Waals surface area contributed by atoms with Crippen molar-refractivity contribution in [2.24, 2.45) is 4.99 Å². The van der Waals surface area contributed by atoms with E-state index < -0.39 is 0 Å². The van der Waals surface area contributed by atoms with Gasteiger partial charge in [-0.1, -0.05) is 18.2 Å². The monoisotopic (exact) mass is 444 g/mol. The van der Waals surface area contributed by atoms with Crippen molar-refractivity contribution in [3.05, 3.63) is 45.4 Å². The zero-order chi connectivity index (χ0) is 22.2. The lowest BCUT2D eigenvalue weighted by atomic mass is 10.2. The van der Waals surface area contributed by atoms with Crippen LogP contribution in [0, 0.1) is 6.92 Å². The number of aryl methyl sites for hydroxylation is 1. The molecule has 8 heteroatoms. The van der Waals surface area contributed by atoms with E-state index in [4.69, 9.17) is 9.47 Å². The summed E-state index contributed by atoms with van der Waals surface area (Å²) in [6, 6.07) is 8.03. The molecule has 1 heterocycles. The Bertz CT molecular complexity index is 906. The number of benzene rings is 1. The fraction of sp³-hybridized carbons (Fsp3) is 0.522. The Hall–Kier alpha value is -2.61. The molecular formula is C23H32N4O3S. The number of ether oxygens (including phenoxy) is 2. The average molecular weight is 445 g/mol. The summed E-state index contributed by atoms with van der Waals surface area (Å²) in [6.07, 6.45) is 5.06. The number of esters is 1. The van der Waals surface area contributed by atoms with Crippen molar-refractivity contribution < 1.29 is 14.3 Å². The minimum absolute atomic E-state index is 0.108. The van der Waals surface area contributed by atoms with Gasteiger partial charge in [-0.05, 0) is 52.5 Å². The third-order valence-electron chi connectivity index (χ3n) is 5.24. The summed E-state index contributed by atoms with van der Waals surface area (Å²) in [7, 11) is 1.74. The molecule has 1 saturated carbocycles. The Morgan fingerprint density at radius 1 is 1.32 bits per heavy atom. The van der Waals surface area contributed by atoms with Crippen LogP contribution < -0.4 is 15.4 Å². The van der Waals surface area contributed by atoms with Crippen molar-refractivity contribution in [1.82, 2.24) is 15.6 Å². The maximum Gasteiger partial charge on any atom is 0.350 e. The summed E-state index contributed by atoms with van der Waals surface area (Å²) >= 11 is 1.35. The predicted octanol–water partition coefficient (Wildman–Crippen LogP) is 4.38. The lowest BCUT2D eigenvalue weighted by Crippen LogP contribution is -2.38. The summed E-state index contributed by atoms with van der Waals surface area (Å²) in [5, 5.41) is 7.52. The molecule has 0 amide bonds. The highest BCUT2D eigenvalue weighted by Crippen LogP contribution is 2.27. The van der Waals surface area contributed by atoms with E-state index in [1.165, 1.54) is 24.2 Å². The Balaban J connectivity index is 1.60. The molecule has 1 aliphatic rings. The van der Waals surface area contributed by atoms with Crippen LogP contribution in [-0.2, 0) is 11.3 Å². The number of hydrogen-bond acceptors (Lipinski definition) is 6. The van der Waals surface area contributed by atoms with Gasteiger partial charge in [0.1, 0.15) is 15.6 Å². The zero-order valence-electron chi connectivity index (χ0n) is 18.7. The number of hydrogen-bond donors (Lipinski definition) is 2. The second-order valence-electron chi connectivity index (χ2n) is 7.61. The first-order valence-electron chi connectivity index (χ1n) is 10.9. The van der Waals surface area contributed by atoms with Crippen LogP contribution in [0.15, 0.2) is 29.3 Å². The smallest absolute Gasteiger partial charge is 0.350 e. The molecular weight excluding hydrogens is 412 g/mol. The zero-order valence-corrected chi connectivity index (χ0v) is 19.6. The average Bonchev–Trinajstić information content (AvgIpc) is 3.41. The Labute approximate surface area is 188 Å². The van der Waals surface area contributed by atoms with E-state index in [1.807, 2.05) is 32.0 Å². The van der Waals surface area contributed by atoms with Crippen LogP contribution in [0.5, 0.6) is 5.75 Å². The van der Waals surface area contributed by atoms with E-state index in [1.54, 1.807) is 14.0 Å². The SMILES string of the molecule is CCOC(=O)c1sc(C(C)NC(=NC)NCc2ccccc2OC2CCCC2)nc1C. The van der Waals surface area contributed by atoms with Gasteiger partial charge in [-0.3, -0.25) is 4.99 Å². The maximum atomic E-state index is 12.1. The second kappa shape index (κ2) is 11.1. The highest BCUT2D eigenvalue weighted by atomic mass is 32.1. The number of aliphatic imine (C=N–C) groups is 1. The summed E-state index contributed by atoms with van der Waals surface area (Å²) in [5.41, 5.74) is 1.78. The number of para-hydroxylation sites is 1. The van der Waals surface area contributed by atoms with Crippen molar-refractivity contribution in [3.63, 3.8) is 0 Å². The summed E-state index contributed by atoms with van der Waals surface area (Å²) in [5.74, 6) is 1.27. The van der Waals surface area contributed by atoms with E-state index in [0.717, 1.165) is 29.2 Å². The number of nitrogens with zero attached hydrogens (tertiary/aromatic N) is 2. The lowest BCUT2D eigenvalue weighted by Gasteiger charge is -2.19. The minimum atomic E-state index is -0.322. The number of aromatic nitrogens is 1. The molecule has 7 nitrogen and oxygen atoms in total. The first-order chi connectivity index (χ1) is 15.0. The van der Waals surface area contributed by atoms with E-state index >= 15 is 0 Å². The van der Waals surface area contributed by atoms with Crippen molar-refractivity contribution in [2.45, 2.75) is 65.1 Å². The first-order valence-corrected chi connectivity index (χ1v) is 11.7. The Morgan fingerprint density at radius 3 is 2.77 bits per heavy atom. The molecule has 2 aromatic rings. The first kappa shape index (κ1) is 23.1. The van der Waals surface area contributed by atoms with E-state index in [-0.39, 0.29) is 12.0 Å². The number of nitrogens with one attached hydrogen (secondary N) is 2. The van der Waals surface area contributed by atoms with Gasteiger partial charge >= 0.3 is 5.97 Å². The third-order valence-corrected chi connectivity index (χ3v) is 6.56. The van der Waals surface area contributed by atoms with Crippen LogP contribution in [0.25, 0.3) is 0 Å². The summed E-state index contributed by atoms with van der Waals surface area (Å²) < 4.78 is 11.3. The lowest BCUT2D eigenvalue weighted by molar-refractivity contribution is 0.0531. The Morgan fingerprint density at radius 2 is 2.06 bits per heavy atom. The number of carbonyl (C=O) groups is 1. The molecule has 1 aliphatic carbocycles. The molecule has 0 aliphatic heterocycles. The van der Waals surface area contributed by atoms with E-state index in [2.05, 4.69) is 26.7 Å². The molecule has 1 unspecified atom stereocenters. The molecule has 3 rings (SSSR count). The van der Waals surface area contributed by atoms with Crippen molar-refractivity contribution in [3.8, 4) is 5.75 Å². The van der Waals surface area contributed by atoms with Gasteiger partial charge < -0.3 is 20.1 Å². The highest BCUT2D eigenvalue weighted by molar-refractivity contribution is 7.13. The molecule has 2 N–H and O–H groups in total. The van der Waals surface area contributed by atoms with Crippen LogP contribution in [0.1, 0.15) is 71.5 Å². The van der Waals surface area contributed by atoms with Crippen LogP contribution in [0.2, 0.25) is 0 Å². The van der Waals surface area contributed by atoms with E-state index in [9.17, 15) is 4.79 Å². The Kier molecular flexibility index (Phi) is 8.28. The predicted molar refractivity (Wildman–Crippen MR) is 124 cm³/mol. The quantitative estimate of drug-likeness (QED) is 0.357. The van der Waals surface area contributed by atoms with Crippen LogP contribution in [0.4, 0.5) is 0 Å². The van der Waals surface area contributed by atoms with Gasteiger partial charge in [-0.25, -0.2) is 9.78 Å². The van der Waals surface area contributed by atoms with Gasteiger partial charge in [0.15, 0.2) is 5.96 Å². The molecule has 1 atom stereocenters. The molecule has 1 fully saturated rings. The molecule has 31 heavy (non-hydrogen) atoms. The van der Waals surface area contributed by atoms with Gasteiger partial charge in [0, 0.05) is 19.2 Å².